The molecule has 0 radical (unpaired) electrons. The maximum Gasteiger partial charge on any atom is 0.373 e. The smallest absolute Gasteiger partial charge is 0.373 e. The molecule has 0 atom stereocenters. The molecule has 1 aromatic carbocycles. The molecule has 2 N–H and O–H groups in total. The molecule has 0 bridgehead atoms. The van der Waals surface area contributed by atoms with Crippen LogP contribution in [-0.2, 0) is 0 Å². The number of phenols is 1. The molecule has 0 aliphatic rings. The van der Waals surface area contributed by atoms with Gasteiger partial charge in [0.2, 0.25) is 5.82 Å². The van der Waals surface area contributed by atoms with Crippen molar-refractivity contribution in [3.05, 3.63) is 48.0 Å². The largest absolute Gasteiger partial charge is 0.508 e. The Bertz CT molecular complexity index is 624. The number of esters is 1. The highest BCUT2D eigenvalue weighted by Gasteiger charge is 2.14. The quantitative estimate of drug-likeness (QED) is 0.628. The zero-order chi connectivity index (χ0) is 13.8. The van der Waals surface area contributed by atoms with Gasteiger partial charge in [-0.15, -0.1) is 0 Å². The minimum atomic E-state index is -1.33. The molecular formula is C12H8N2O5. The number of carbonyl (C=O) groups excluding carboxylic acids is 1. The number of rotatable bonds is 3. The minimum Gasteiger partial charge on any atom is -0.508 e. The first-order valence-corrected chi connectivity index (χ1v) is 5.14. The second-order valence-electron chi connectivity index (χ2n) is 3.45. The van der Waals surface area contributed by atoms with Gasteiger partial charge >= 0.3 is 11.9 Å². The monoisotopic (exact) mass is 260 g/mol. The first kappa shape index (κ1) is 12.5. The summed E-state index contributed by atoms with van der Waals surface area (Å²) in [5.74, 6) is -2.39. The predicted molar refractivity (Wildman–Crippen MR) is 62.1 cm³/mol. The van der Waals surface area contributed by atoms with Crippen LogP contribution >= 0.6 is 0 Å². The van der Waals surface area contributed by atoms with E-state index in [2.05, 4.69) is 9.97 Å². The molecule has 0 saturated heterocycles. The van der Waals surface area contributed by atoms with Crippen molar-refractivity contribution in [3.8, 4) is 11.5 Å². The number of nitrogens with zero attached hydrogens (tertiary/aromatic N) is 2. The molecule has 7 heteroatoms. The predicted octanol–water partition coefficient (Wildman–Crippen LogP) is 1.10. The lowest BCUT2D eigenvalue weighted by Gasteiger charge is -2.03. The number of phenolic OH excluding ortho intramolecular Hbond substituents is 1. The fourth-order valence-corrected chi connectivity index (χ4v) is 1.25. The third kappa shape index (κ3) is 3.03. The van der Waals surface area contributed by atoms with E-state index in [0.717, 1.165) is 6.20 Å². The van der Waals surface area contributed by atoms with Crippen molar-refractivity contribution >= 4 is 11.9 Å². The number of hydrogen-bond acceptors (Lipinski definition) is 6. The molecule has 0 aliphatic heterocycles. The number of benzene rings is 1. The molecule has 0 aliphatic carbocycles. The van der Waals surface area contributed by atoms with Crippen molar-refractivity contribution in [1.82, 2.24) is 9.97 Å². The second-order valence-corrected chi connectivity index (χ2v) is 3.45. The summed E-state index contributed by atoms with van der Waals surface area (Å²) in [5.41, 5.74) is -0.166. The Morgan fingerprint density at radius 2 is 1.79 bits per heavy atom. The normalized spacial score (nSPS) is 9.89. The SMILES string of the molecule is O=C(Oc1ccc(O)cc1)c1ccnc(C(=O)O)n1. The van der Waals surface area contributed by atoms with Crippen LogP contribution in [0.4, 0.5) is 0 Å². The number of aromatic carboxylic acids is 1. The highest BCUT2D eigenvalue weighted by molar-refractivity contribution is 5.90. The van der Waals surface area contributed by atoms with Gasteiger partial charge in [0, 0.05) is 6.20 Å². The lowest BCUT2D eigenvalue weighted by molar-refractivity contribution is 0.0682. The Balaban J connectivity index is 2.18. The lowest BCUT2D eigenvalue weighted by Crippen LogP contribution is -2.14. The molecule has 0 saturated carbocycles. The second kappa shape index (κ2) is 5.13. The standard InChI is InChI=1S/C12H8N2O5/c15-7-1-3-8(4-2-7)19-12(18)9-5-6-13-10(14-9)11(16)17/h1-6,15H,(H,16,17). The zero-order valence-electron chi connectivity index (χ0n) is 9.48. The number of hydrogen-bond donors (Lipinski definition) is 2. The first-order valence-electron chi connectivity index (χ1n) is 5.14. The molecule has 7 nitrogen and oxygen atoms in total. The van der Waals surface area contributed by atoms with E-state index >= 15 is 0 Å². The van der Waals surface area contributed by atoms with Crippen LogP contribution in [0.2, 0.25) is 0 Å². The number of carbonyl (C=O) groups is 2. The van der Waals surface area contributed by atoms with Gasteiger partial charge in [-0.3, -0.25) is 0 Å². The molecule has 0 spiro atoms. The summed E-state index contributed by atoms with van der Waals surface area (Å²) in [6, 6.07) is 6.74. The molecule has 2 rings (SSSR count). The molecule has 1 heterocycles. The average Bonchev–Trinajstić information content (AvgIpc) is 2.41. The molecule has 2 aromatic rings. The van der Waals surface area contributed by atoms with E-state index in [4.69, 9.17) is 14.9 Å². The summed E-state index contributed by atoms with van der Waals surface area (Å²) in [4.78, 5) is 29.4. The Morgan fingerprint density at radius 3 is 2.42 bits per heavy atom. The van der Waals surface area contributed by atoms with Crippen molar-refractivity contribution in [2.45, 2.75) is 0 Å². The molecule has 19 heavy (non-hydrogen) atoms. The van der Waals surface area contributed by atoms with Crippen molar-refractivity contribution in [1.29, 1.82) is 0 Å². The Kier molecular flexibility index (Phi) is 3.37. The Hall–Kier alpha value is -2.96. The van der Waals surface area contributed by atoms with E-state index in [-0.39, 0.29) is 17.2 Å². The van der Waals surface area contributed by atoms with Gasteiger partial charge in [0.25, 0.3) is 0 Å². The highest BCUT2D eigenvalue weighted by Crippen LogP contribution is 2.16. The van der Waals surface area contributed by atoms with E-state index in [1.165, 1.54) is 30.3 Å². The fourth-order valence-electron chi connectivity index (χ4n) is 1.25. The first-order chi connectivity index (χ1) is 9.06. The summed E-state index contributed by atoms with van der Waals surface area (Å²) in [7, 11) is 0. The molecule has 0 amide bonds. The third-order valence-corrected chi connectivity index (χ3v) is 2.10. The number of carboxylic acid groups (broad SMARTS) is 1. The summed E-state index contributed by atoms with van der Waals surface area (Å²) in [6.07, 6.45) is 1.16. The van der Waals surface area contributed by atoms with E-state index in [1.807, 2.05) is 0 Å². The van der Waals surface area contributed by atoms with Gasteiger partial charge in [0.1, 0.15) is 11.5 Å². The fraction of sp³-hybridized carbons (Fsp3) is 0. The van der Waals surface area contributed by atoms with Crippen LogP contribution in [-0.4, -0.2) is 32.1 Å². The number of aromatic hydroxyl groups is 1. The number of ether oxygens (including phenoxy) is 1. The molecule has 0 fully saturated rings. The maximum atomic E-state index is 11.7. The van der Waals surface area contributed by atoms with Gasteiger partial charge in [0.15, 0.2) is 5.69 Å². The van der Waals surface area contributed by atoms with E-state index in [0.29, 0.717) is 0 Å². The van der Waals surface area contributed by atoms with Gasteiger partial charge in [-0.05, 0) is 30.3 Å². The molecule has 0 unspecified atom stereocenters. The highest BCUT2D eigenvalue weighted by atomic mass is 16.5. The molecule has 96 valence electrons. The van der Waals surface area contributed by atoms with Gasteiger partial charge in [0.05, 0.1) is 0 Å². The zero-order valence-corrected chi connectivity index (χ0v) is 9.48. The third-order valence-electron chi connectivity index (χ3n) is 2.10. The Morgan fingerprint density at radius 1 is 1.11 bits per heavy atom. The van der Waals surface area contributed by atoms with Crippen molar-refractivity contribution in [2.75, 3.05) is 0 Å². The molecule has 1 aromatic heterocycles. The molecular weight excluding hydrogens is 252 g/mol. The number of carboxylic acids is 1. The topological polar surface area (TPSA) is 110 Å². The van der Waals surface area contributed by atoms with Crippen molar-refractivity contribution in [3.63, 3.8) is 0 Å². The number of aromatic nitrogens is 2. The van der Waals surface area contributed by atoms with E-state index in [1.54, 1.807) is 0 Å². The summed E-state index contributed by atoms with van der Waals surface area (Å²) >= 11 is 0. The van der Waals surface area contributed by atoms with Crippen LogP contribution in [0.15, 0.2) is 36.5 Å². The minimum absolute atomic E-state index is 0.0370. The van der Waals surface area contributed by atoms with Crippen LogP contribution in [0.1, 0.15) is 21.1 Å². The van der Waals surface area contributed by atoms with Crippen LogP contribution in [0.5, 0.6) is 11.5 Å². The lowest BCUT2D eigenvalue weighted by atomic mass is 10.3. The van der Waals surface area contributed by atoms with Gasteiger partial charge in [-0.2, -0.15) is 0 Å². The van der Waals surface area contributed by atoms with E-state index < -0.39 is 17.8 Å². The van der Waals surface area contributed by atoms with Gasteiger partial charge in [-0.1, -0.05) is 0 Å². The van der Waals surface area contributed by atoms with Crippen LogP contribution < -0.4 is 4.74 Å². The van der Waals surface area contributed by atoms with Crippen LogP contribution in [0.25, 0.3) is 0 Å². The maximum absolute atomic E-state index is 11.7. The van der Waals surface area contributed by atoms with Crippen LogP contribution in [0.3, 0.4) is 0 Å². The van der Waals surface area contributed by atoms with Crippen molar-refractivity contribution in [2.24, 2.45) is 0 Å². The average molecular weight is 260 g/mol. The summed E-state index contributed by atoms with van der Waals surface area (Å²) in [5, 5.41) is 17.8. The van der Waals surface area contributed by atoms with Gasteiger partial charge < -0.3 is 14.9 Å². The van der Waals surface area contributed by atoms with E-state index in [9.17, 15) is 9.59 Å². The van der Waals surface area contributed by atoms with Crippen molar-refractivity contribution < 1.29 is 24.5 Å². The van der Waals surface area contributed by atoms with Crippen LogP contribution in [0, 0.1) is 0 Å². The Labute approximate surface area is 107 Å². The summed E-state index contributed by atoms with van der Waals surface area (Å²) < 4.78 is 4.96. The summed E-state index contributed by atoms with van der Waals surface area (Å²) in [6.45, 7) is 0. The van der Waals surface area contributed by atoms with Gasteiger partial charge in [-0.25, -0.2) is 19.6 Å².